The van der Waals surface area contributed by atoms with Crippen molar-refractivity contribution in [1.82, 2.24) is 4.98 Å². The molecule has 0 bridgehead atoms. The summed E-state index contributed by atoms with van der Waals surface area (Å²) in [5.74, 6) is 0.557. The average Bonchev–Trinajstić information content (AvgIpc) is 2.83. The molecule has 0 radical (unpaired) electrons. The Labute approximate surface area is 186 Å². The first-order chi connectivity index (χ1) is 15.5. The molecule has 6 heteroatoms. The number of ether oxygens (including phenoxy) is 1. The highest BCUT2D eigenvalue weighted by molar-refractivity contribution is 7.92. The third-order valence-electron chi connectivity index (χ3n) is 5.44. The van der Waals surface area contributed by atoms with Crippen LogP contribution in [0.3, 0.4) is 0 Å². The van der Waals surface area contributed by atoms with Crippen LogP contribution in [0, 0.1) is 0 Å². The molecule has 1 heterocycles. The SMILES string of the molecule is COc1cc(NS(=O)(=O)c2ccc3ccccc3c2)ccc1-c1cncc2ccccc12. The van der Waals surface area contributed by atoms with Gasteiger partial charge in [0.2, 0.25) is 0 Å². The molecule has 0 aliphatic heterocycles. The Morgan fingerprint density at radius 2 is 1.50 bits per heavy atom. The Bertz CT molecular complexity index is 1560. The van der Waals surface area contributed by atoms with Gasteiger partial charge in [0.1, 0.15) is 5.75 Å². The number of nitrogens with one attached hydrogen (secondary N) is 1. The van der Waals surface area contributed by atoms with E-state index >= 15 is 0 Å². The first-order valence-electron chi connectivity index (χ1n) is 10.1. The molecule has 5 aromatic rings. The Balaban J connectivity index is 1.52. The minimum absolute atomic E-state index is 0.206. The lowest BCUT2D eigenvalue weighted by atomic mass is 10.00. The fourth-order valence-electron chi connectivity index (χ4n) is 3.86. The van der Waals surface area contributed by atoms with Gasteiger partial charge in [-0.05, 0) is 40.4 Å². The maximum absolute atomic E-state index is 13.0. The third-order valence-corrected chi connectivity index (χ3v) is 6.82. The van der Waals surface area contributed by atoms with E-state index in [1.165, 1.54) is 0 Å². The van der Waals surface area contributed by atoms with Gasteiger partial charge in [-0.15, -0.1) is 0 Å². The van der Waals surface area contributed by atoms with Gasteiger partial charge in [0.05, 0.1) is 17.7 Å². The van der Waals surface area contributed by atoms with Crippen LogP contribution in [0.15, 0.2) is 102 Å². The fraction of sp³-hybridized carbons (Fsp3) is 0.0385. The molecule has 0 atom stereocenters. The van der Waals surface area contributed by atoms with E-state index in [4.69, 9.17) is 4.74 Å². The maximum Gasteiger partial charge on any atom is 0.261 e. The summed E-state index contributed by atoms with van der Waals surface area (Å²) < 4.78 is 34.3. The summed E-state index contributed by atoms with van der Waals surface area (Å²) in [7, 11) is -2.19. The molecule has 158 valence electrons. The number of pyridine rings is 1. The van der Waals surface area contributed by atoms with Gasteiger partial charge >= 0.3 is 0 Å². The third kappa shape index (κ3) is 3.65. The fourth-order valence-corrected chi connectivity index (χ4v) is 4.94. The van der Waals surface area contributed by atoms with Crippen molar-refractivity contribution in [2.24, 2.45) is 0 Å². The van der Waals surface area contributed by atoms with E-state index in [2.05, 4.69) is 9.71 Å². The number of rotatable bonds is 5. The number of methoxy groups -OCH3 is 1. The topological polar surface area (TPSA) is 68.3 Å². The summed E-state index contributed by atoms with van der Waals surface area (Å²) in [5.41, 5.74) is 2.18. The molecule has 1 aromatic heterocycles. The lowest BCUT2D eigenvalue weighted by molar-refractivity contribution is 0.416. The molecule has 0 saturated carbocycles. The van der Waals surface area contributed by atoms with Gasteiger partial charge in [-0.3, -0.25) is 9.71 Å². The van der Waals surface area contributed by atoms with Crippen LogP contribution in [0.25, 0.3) is 32.7 Å². The van der Waals surface area contributed by atoms with Crippen LogP contribution in [-0.4, -0.2) is 20.5 Å². The normalized spacial score (nSPS) is 11.5. The van der Waals surface area contributed by atoms with E-state index < -0.39 is 10.0 Å². The quantitative estimate of drug-likeness (QED) is 0.371. The molecule has 32 heavy (non-hydrogen) atoms. The van der Waals surface area contributed by atoms with Crippen molar-refractivity contribution in [2.75, 3.05) is 11.8 Å². The van der Waals surface area contributed by atoms with Crippen LogP contribution >= 0.6 is 0 Å². The highest BCUT2D eigenvalue weighted by atomic mass is 32.2. The van der Waals surface area contributed by atoms with Gasteiger partial charge in [0.25, 0.3) is 10.0 Å². The summed E-state index contributed by atoms with van der Waals surface area (Å²) in [4.78, 5) is 4.55. The van der Waals surface area contributed by atoms with Gasteiger partial charge in [0, 0.05) is 35.0 Å². The van der Waals surface area contributed by atoms with E-state index in [9.17, 15) is 8.42 Å². The van der Waals surface area contributed by atoms with Crippen LogP contribution in [0.5, 0.6) is 5.75 Å². The van der Waals surface area contributed by atoms with E-state index in [0.29, 0.717) is 11.4 Å². The molecule has 0 amide bonds. The second kappa shape index (κ2) is 7.98. The van der Waals surface area contributed by atoms with Crippen molar-refractivity contribution in [1.29, 1.82) is 0 Å². The predicted octanol–water partition coefficient (Wildman–Crippen LogP) is 5.86. The lowest BCUT2D eigenvalue weighted by Gasteiger charge is -2.14. The zero-order valence-electron chi connectivity index (χ0n) is 17.3. The first-order valence-corrected chi connectivity index (χ1v) is 11.6. The van der Waals surface area contributed by atoms with Crippen molar-refractivity contribution in [2.45, 2.75) is 4.90 Å². The van der Waals surface area contributed by atoms with Crippen LogP contribution in [0.2, 0.25) is 0 Å². The second-order valence-electron chi connectivity index (χ2n) is 7.44. The van der Waals surface area contributed by atoms with Gasteiger partial charge < -0.3 is 4.74 Å². The van der Waals surface area contributed by atoms with Crippen LogP contribution in [0.4, 0.5) is 5.69 Å². The number of aromatic nitrogens is 1. The number of hydrogen-bond acceptors (Lipinski definition) is 4. The predicted molar refractivity (Wildman–Crippen MR) is 128 cm³/mol. The molecule has 0 fully saturated rings. The molecule has 5 nitrogen and oxygen atoms in total. The summed E-state index contributed by atoms with van der Waals surface area (Å²) in [6.07, 6.45) is 3.61. The second-order valence-corrected chi connectivity index (χ2v) is 9.12. The molecule has 0 unspecified atom stereocenters. The van der Waals surface area contributed by atoms with E-state index in [0.717, 1.165) is 32.7 Å². The lowest BCUT2D eigenvalue weighted by Crippen LogP contribution is -2.13. The van der Waals surface area contributed by atoms with Gasteiger partial charge in [-0.25, -0.2) is 8.42 Å². The highest BCUT2D eigenvalue weighted by Gasteiger charge is 2.17. The molecular weight excluding hydrogens is 420 g/mol. The Morgan fingerprint density at radius 1 is 0.750 bits per heavy atom. The van der Waals surface area contributed by atoms with Crippen molar-refractivity contribution in [3.63, 3.8) is 0 Å². The van der Waals surface area contributed by atoms with Crippen LogP contribution < -0.4 is 9.46 Å². The largest absolute Gasteiger partial charge is 0.496 e. The van der Waals surface area contributed by atoms with Crippen molar-refractivity contribution < 1.29 is 13.2 Å². The monoisotopic (exact) mass is 440 g/mol. The number of fused-ring (bicyclic) bond motifs is 2. The molecule has 0 aliphatic rings. The summed E-state index contributed by atoms with van der Waals surface area (Å²) >= 11 is 0. The molecule has 1 N–H and O–H groups in total. The van der Waals surface area contributed by atoms with E-state index in [1.807, 2.05) is 60.8 Å². The Kier molecular flexibility index (Phi) is 4.99. The van der Waals surface area contributed by atoms with Gasteiger partial charge in [-0.1, -0.05) is 54.6 Å². The number of anilines is 1. The summed E-state index contributed by atoms with van der Waals surface area (Å²) in [6.45, 7) is 0. The first kappa shape index (κ1) is 20.0. The number of nitrogens with zero attached hydrogens (tertiary/aromatic N) is 1. The molecule has 4 aromatic carbocycles. The molecule has 5 rings (SSSR count). The zero-order chi connectivity index (χ0) is 22.1. The smallest absolute Gasteiger partial charge is 0.261 e. The minimum atomic E-state index is -3.76. The van der Waals surface area contributed by atoms with Gasteiger partial charge in [-0.2, -0.15) is 0 Å². The van der Waals surface area contributed by atoms with Crippen LogP contribution in [-0.2, 0) is 10.0 Å². The summed E-state index contributed by atoms with van der Waals surface area (Å²) in [5, 5.41) is 3.92. The molecule has 0 aliphatic carbocycles. The van der Waals surface area contributed by atoms with Crippen molar-refractivity contribution in [3.8, 4) is 16.9 Å². The van der Waals surface area contributed by atoms with E-state index in [1.54, 1.807) is 43.6 Å². The number of sulfonamides is 1. The van der Waals surface area contributed by atoms with E-state index in [-0.39, 0.29) is 4.90 Å². The highest BCUT2D eigenvalue weighted by Crippen LogP contribution is 2.36. The van der Waals surface area contributed by atoms with Crippen molar-refractivity contribution >= 4 is 37.3 Å². The van der Waals surface area contributed by atoms with Crippen LogP contribution in [0.1, 0.15) is 0 Å². The summed E-state index contributed by atoms with van der Waals surface area (Å²) in [6, 6.07) is 26.0. The number of benzene rings is 4. The minimum Gasteiger partial charge on any atom is -0.496 e. The molecule has 0 spiro atoms. The zero-order valence-corrected chi connectivity index (χ0v) is 18.1. The molecule has 0 saturated heterocycles. The Hall–Kier alpha value is -3.90. The standard InChI is InChI=1S/C26H20N2O3S/c1-31-26-15-21(11-13-24(26)25-17-27-16-20-8-4-5-9-23(20)25)28-32(29,30)22-12-10-18-6-2-3-7-19(18)14-22/h2-17,28H,1H3. The maximum atomic E-state index is 13.0. The Morgan fingerprint density at radius 3 is 2.31 bits per heavy atom. The molecular formula is C26H20N2O3S. The average molecular weight is 441 g/mol. The van der Waals surface area contributed by atoms with Crippen molar-refractivity contribution in [3.05, 3.63) is 97.3 Å². The van der Waals surface area contributed by atoms with Gasteiger partial charge in [0.15, 0.2) is 0 Å². The number of hydrogen-bond donors (Lipinski definition) is 1.